The summed E-state index contributed by atoms with van der Waals surface area (Å²) in [5.41, 5.74) is 5.00. The maximum absolute atomic E-state index is 11.6. The molecule has 1 aromatic carbocycles. The molecule has 0 heterocycles. The molecule has 1 atom stereocenters. The fraction of sp³-hybridized carbons (Fsp3) is 0.300. The average Bonchev–Trinajstić information content (AvgIpc) is 2.28. The average molecular weight is 303 g/mol. The van der Waals surface area contributed by atoms with Crippen molar-refractivity contribution in [1.82, 2.24) is 0 Å². The Kier molecular flexibility index (Phi) is 4.59. The number of nitrogens with two attached hydrogens (primary N) is 1. The molecule has 0 saturated heterocycles. The van der Waals surface area contributed by atoms with Crippen molar-refractivity contribution in [2.45, 2.75) is 11.9 Å². The largest absolute Gasteiger partial charge is 0.494 e. The number of carbonyl (C=O) groups is 1. The van der Waals surface area contributed by atoms with Crippen LogP contribution in [0.25, 0.3) is 0 Å². The number of halogens is 1. The van der Waals surface area contributed by atoms with Crippen LogP contribution in [-0.4, -0.2) is 22.3 Å². The lowest BCUT2D eigenvalue weighted by molar-refractivity contribution is -0.385. The summed E-state index contributed by atoms with van der Waals surface area (Å²) in [6, 6.07) is 4.05. The SMILES string of the molecule is CCOc1ccc(C(=O)C(N)Br)c([N+](=O)[O-])c1. The van der Waals surface area contributed by atoms with Gasteiger partial charge in [0.25, 0.3) is 5.69 Å². The lowest BCUT2D eigenvalue weighted by atomic mass is 10.1. The number of benzene rings is 1. The second kappa shape index (κ2) is 5.74. The number of ether oxygens (including phenoxy) is 1. The molecule has 0 aliphatic heterocycles. The van der Waals surface area contributed by atoms with Gasteiger partial charge in [0.1, 0.15) is 10.7 Å². The molecule has 92 valence electrons. The van der Waals surface area contributed by atoms with Gasteiger partial charge in [-0.1, -0.05) is 15.9 Å². The Labute approximate surface area is 106 Å². The minimum absolute atomic E-state index is 0.0390. The van der Waals surface area contributed by atoms with Gasteiger partial charge in [0.05, 0.1) is 23.2 Å². The van der Waals surface area contributed by atoms with E-state index in [0.29, 0.717) is 12.4 Å². The van der Waals surface area contributed by atoms with E-state index in [-0.39, 0.29) is 11.3 Å². The molecule has 0 fully saturated rings. The monoisotopic (exact) mass is 302 g/mol. The highest BCUT2D eigenvalue weighted by molar-refractivity contribution is 9.10. The summed E-state index contributed by atoms with van der Waals surface area (Å²) in [4.78, 5) is 20.9. The summed E-state index contributed by atoms with van der Waals surface area (Å²) in [5.74, 6) is -0.196. The van der Waals surface area contributed by atoms with Crippen LogP contribution in [0.5, 0.6) is 5.75 Å². The summed E-state index contributed by atoms with van der Waals surface area (Å²) >= 11 is 2.88. The zero-order valence-electron chi connectivity index (χ0n) is 9.05. The van der Waals surface area contributed by atoms with Crippen molar-refractivity contribution in [3.05, 3.63) is 33.9 Å². The maximum atomic E-state index is 11.6. The predicted octanol–water partition coefficient (Wildman–Crippen LogP) is 1.86. The van der Waals surface area contributed by atoms with Crippen LogP contribution >= 0.6 is 15.9 Å². The molecule has 0 aliphatic rings. The second-order valence-corrected chi connectivity index (χ2v) is 4.12. The number of Topliss-reactive ketones (excluding diaryl/α,β-unsaturated/α-hetero) is 1. The lowest BCUT2D eigenvalue weighted by Crippen LogP contribution is -2.24. The highest BCUT2D eigenvalue weighted by Crippen LogP contribution is 2.26. The Morgan fingerprint density at radius 3 is 2.76 bits per heavy atom. The molecule has 2 N–H and O–H groups in total. The van der Waals surface area contributed by atoms with Gasteiger partial charge in [-0.25, -0.2) is 0 Å². The molecule has 0 aromatic heterocycles. The van der Waals surface area contributed by atoms with Crippen LogP contribution in [0, 0.1) is 10.1 Å². The van der Waals surface area contributed by atoms with E-state index >= 15 is 0 Å². The number of nitro groups is 1. The molecule has 7 heteroatoms. The molecule has 1 unspecified atom stereocenters. The topological polar surface area (TPSA) is 95.5 Å². The fourth-order valence-electron chi connectivity index (χ4n) is 1.28. The first kappa shape index (κ1) is 13.6. The third-order valence-corrected chi connectivity index (χ3v) is 2.41. The van der Waals surface area contributed by atoms with Crippen LogP contribution in [0.3, 0.4) is 0 Å². The fourth-order valence-corrected chi connectivity index (χ4v) is 1.52. The number of carbonyl (C=O) groups excluding carboxylic acids is 1. The van der Waals surface area contributed by atoms with Gasteiger partial charge >= 0.3 is 0 Å². The third-order valence-electron chi connectivity index (χ3n) is 1.99. The number of rotatable bonds is 5. The van der Waals surface area contributed by atoms with Crippen molar-refractivity contribution in [3.8, 4) is 5.75 Å². The van der Waals surface area contributed by atoms with E-state index in [0.717, 1.165) is 0 Å². The van der Waals surface area contributed by atoms with Crippen LogP contribution in [0.4, 0.5) is 5.69 Å². The molecule has 6 nitrogen and oxygen atoms in total. The van der Waals surface area contributed by atoms with Crippen LogP contribution in [0.1, 0.15) is 17.3 Å². The van der Waals surface area contributed by atoms with Gasteiger partial charge in [0, 0.05) is 0 Å². The van der Waals surface area contributed by atoms with E-state index in [2.05, 4.69) is 15.9 Å². The molecule has 17 heavy (non-hydrogen) atoms. The summed E-state index contributed by atoms with van der Waals surface area (Å²) in [6.45, 7) is 2.15. The minimum Gasteiger partial charge on any atom is -0.494 e. The Bertz CT molecular complexity index is 448. The first-order valence-electron chi connectivity index (χ1n) is 4.82. The van der Waals surface area contributed by atoms with Crippen molar-refractivity contribution in [1.29, 1.82) is 0 Å². The summed E-state index contributed by atoms with van der Waals surface area (Å²) in [5, 5.41) is 10.8. The first-order chi connectivity index (χ1) is 7.97. The van der Waals surface area contributed by atoms with Gasteiger partial charge in [-0.15, -0.1) is 0 Å². The van der Waals surface area contributed by atoms with E-state index in [1.165, 1.54) is 18.2 Å². The van der Waals surface area contributed by atoms with Crippen molar-refractivity contribution >= 4 is 27.4 Å². The van der Waals surface area contributed by atoms with Crippen LogP contribution < -0.4 is 10.5 Å². The molecule has 0 saturated carbocycles. The molecule has 1 rings (SSSR count). The zero-order valence-corrected chi connectivity index (χ0v) is 10.6. The Morgan fingerprint density at radius 1 is 1.65 bits per heavy atom. The zero-order chi connectivity index (χ0) is 13.0. The van der Waals surface area contributed by atoms with Gasteiger partial charge in [-0.05, 0) is 19.1 Å². The van der Waals surface area contributed by atoms with Gasteiger partial charge in [0.15, 0.2) is 5.78 Å². The molecular weight excluding hydrogens is 292 g/mol. The first-order valence-corrected chi connectivity index (χ1v) is 5.74. The number of hydrogen-bond acceptors (Lipinski definition) is 5. The molecule has 0 amide bonds. The van der Waals surface area contributed by atoms with Gasteiger partial charge in [-0.3, -0.25) is 14.9 Å². The summed E-state index contributed by atoms with van der Waals surface area (Å²) in [7, 11) is 0. The van der Waals surface area contributed by atoms with Gasteiger partial charge < -0.3 is 10.5 Å². The van der Waals surface area contributed by atoms with Crippen molar-refractivity contribution in [3.63, 3.8) is 0 Å². The minimum atomic E-state index is -0.959. The quantitative estimate of drug-likeness (QED) is 0.294. The van der Waals surface area contributed by atoms with E-state index in [9.17, 15) is 14.9 Å². The molecule has 0 bridgehead atoms. The number of alkyl halides is 1. The number of hydrogen-bond donors (Lipinski definition) is 1. The lowest BCUT2D eigenvalue weighted by Gasteiger charge is -2.07. The molecule has 1 aromatic rings. The number of nitro benzene ring substituents is 1. The summed E-state index contributed by atoms with van der Waals surface area (Å²) in [6.07, 6.45) is 0. The normalized spacial score (nSPS) is 11.9. The van der Waals surface area contributed by atoms with Crippen LogP contribution in [0.2, 0.25) is 0 Å². The van der Waals surface area contributed by atoms with Crippen LogP contribution in [0.15, 0.2) is 18.2 Å². The molecular formula is C10H11BrN2O4. The Hall–Kier alpha value is -1.47. The van der Waals surface area contributed by atoms with Gasteiger partial charge in [-0.2, -0.15) is 0 Å². The highest BCUT2D eigenvalue weighted by Gasteiger charge is 2.23. The van der Waals surface area contributed by atoms with Crippen molar-refractivity contribution in [2.24, 2.45) is 5.73 Å². The van der Waals surface area contributed by atoms with Crippen LogP contribution in [-0.2, 0) is 0 Å². The Morgan fingerprint density at radius 2 is 2.29 bits per heavy atom. The molecule has 0 radical (unpaired) electrons. The second-order valence-electron chi connectivity index (χ2n) is 3.14. The van der Waals surface area contributed by atoms with E-state index < -0.39 is 15.7 Å². The number of ketones is 1. The standard InChI is InChI=1S/C10H11BrN2O4/c1-2-17-6-3-4-7(9(14)10(11)12)8(5-6)13(15)16/h3-5,10H,2,12H2,1H3. The van der Waals surface area contributed by atoms with Crippen molar-refractivity contribution < 1.29 is 14.5 Å². The van der Waals surface area contributed by atoms with Gasteiger partial charge in [0.2, 0.25) is 0 Å². The third kappa shape index (κ3) is 3.24. The summed E-state index contributed by atoms with van der Waals surface area (Å²) < 4.78 is 5.13. The smallest absolute Gasteiger partial charge is 0.283 e. The Balaban J connectivity index is 3.22. The van der Waals surface area contributed by atoms with E-state index in [1.54, 1.807) is 6.92 Å². The van der Waals surface area contributed by atoms with E-state index in [4.69, 9.17) is 10.5 Å². The van der Waals surface area contributed by atoms with Crippen molar-refractivity contribution in [2.75, 3.05) is 6.61 Å². The maximum Gasteiger partial charge on any atom is 0.283 e. The number of nitrogens with zero attached hydrogens (tertiary/aromatic N) is 1. The molecule has 0 spiro atoms. The predicted molar refractivity (Wildman–Crippen MR) is 65.5 cm³/mol. The highest BCUT2D eigenvalue weighted by atomic mass is 79.9. The van der Waals surface area contributed by atoms with E-state index in [1.807, 2.05) is 0 Å². The molecule has 0 aliphatic carbocycles.